The Morgan fingerprint density at radius 3 is 2.74 bits per heavy atom. The van der Waals surface area contributed by atoms with Crippen LogP contribution in [0.25, 0.3) is 10.9 Å². The first kappa shape index (κ1) is 25.6. The van der Waals surface area contributed by atoms with Gasteiger partial charge in [0, 0.05) is 43.5 Å². The van der Waals surface area contributed by atoms with E-state index in [9.17, 15) is 5.11 Å². The van der Waals surface area contributed by atoms with Gasteiger partial charge in [-0.1, -0.05) is 18.3 Å². The summed E-state index contributed by atoms with van der Waals surface area (Å²) < 4.78 is 5.48. The van der Waals surface area contributed by atoms with Gasteiger partial charge in [0.15, 0.2) is 0 Å². The minimum atomic E-state index is 0.208. The molecule has 3 atom stereocenters. The summed E-state index contributed by atoms with van der Waals surface area (Å²) >= 11 is 5.64. The summed E-state index contributed by atoms with van der Waals surface area (Å²) in [5, 5.41) is 11.4. The zero-order chi connectivity index (χ0) is 24.8. The highest BCUT2D eigenvalue weighted by Crippen LogP contribution is 2.35. The van der Waals surface area contributed by atoms with E-state index in [1.54, 1.807) is 13.3 Å². The summed E-state index contributed by atoms with van der Waals surface area (Å²) in [6.07, 6.45) is 6.85. The highest BCUT2D eigenvalue weighted by atomic mass is 32.1. The minimum absolute atomic E-state index is 0.208. The molecule has 0 aliphatic carbocycles. The standard InChI is InChI=1S/C28H36N4O2S/c1-31(2)27(23-11-14-30-25-9-8-22(34-3)16-24(23)25)10-7-20-12-15-32(17-21(20)19-33)18-28(35)26-6-4-5-13-29-26/h4-6,8-9,11,13-14,16,20-21,27,33H,7,10,12,15,17-19H2,1-3H3/t20-,21-,27-/m1/s1. The molecule has 0 radical (unpaired) electrons. The Bertz CT molecular complexity index is 1120. The smallest absolute Gasteiger partial charge is 0.119 e. The lowest BCUT2D eigenvalue weighted by atomic mass is 9.81. The van der Waals surface area contributed by atoms with Gasteiger partial charge >= 0.3 is 0 Å². The quantitative estimate of drug-likeness (QED) is 0.333. The van der Waals surface area contributed by atoms with E-state index in [0.717, 1.165) is 66.1 Å². The van der Waals surface area contributed by atoms with Crippen molar-refractivity contribution in [2.45, 2.75) is 25.3 Å². The number of aromatic nitrogens is 2. The van der Waals surface area contributed by atoms with Crippen LogP contribution in [0.5, 0.6) is 5.75 Å². The van der Waals surface area contributed by atoms with Crippen molar-refractivity contribution >= 4 is 28.0 Å². The predicted molar refractivity (Wildman–Crippen MR) is 145 cm³/mol. The number of aliphatic hydroxyl groups excluding tert-OH is 1. The molecule has 4 rings (SSSR count). The third kappa shape index (κ3) is 6.22. The lowest BCUT2D eigenvalue weighted by Crippen LogP contribution is -2.44. The Morgan fingerprint density at radius 2 is 2.03 bits per heavy atom. The fourth-order valence-corrected chi connectivity index (χ4v) is 5.63. The average Bonchev–Trinajstić information content (AvgIpc) is 2.89. The van der Waals surface area contributed by atoms with Gasteiger partial charge < -0.3 is 14.7 Å². The summed E-state index contributed by atoms with van der Waals surface area (Å²) in [7, 11) is 5.98. The molecule has 1 N–H and O–H groups in total. The van der Waals surface area contributed by atoms with E-state index in [-0.39, 0.29) is 18.6 Å². The van der Waals surface area contributed by atoms with Gasteiger partial charge in [-0.3, -0.25) is 14.9 Å². The summed E-state index contributed by atoms with van der Waals surface area (Å²) in [6.45, 7) is 2.80. The van der Waals surface area contributed by atoms with Crippen LogP contribution in [0.2, 0.25) is 0 Å². The number of piperidine rings is 1. The lowest BCUT2D eigenvalue weighted by Gasteiger charge is -2.39. The summed E-state index contributed by atoms with van der Waals surface area (Å²) in [5.41, 5.74) is 3.14. The third-order valence-corrected chi connectivity index (χ3v) is 7.64. The molecule has 35 heavy (non-hydrogen) atoms. The van der Waals surface area contributed by atoms with Crippen LogP contribution in [0.3, 0.4) is 0 Å². The second kappa shape index (κ2) is 12.0. The first-order valence-corrected chi connectivity index (χ1v) is 12.8. The number of benzene rings is 1. The van der Waals surface area contributed by atoms with Crippen molar-refractivity contribution in [2.75, 3.05) is 47.4 Å². The summed E-state index contributed by atoms with van der Waals surface area (Å²) in [5.74, 6) is 1.60. The number of likely N-dealkylation sites (tertiary alicyclic amines) is 1. The molecule has 186 valence electrons. The molecule has 1 saturated heterocycles. The largest absolute Gasteiger partial charge is 0.497 e. The number of fused-ring (bicyclic) bond motifs is 1. The zero-order valence-corrected chi connectivity index (χ0v) is 21.7. The number of pyridine rings is 2. The topological polar surface area (TPSA) is 61.7 Å². The highest BCUT2D eigenvalue weighted by Gasteiger charge is 2.30. The van der Waals surface area contributed by atoms with Gasteiger partial charge in [0.2, 0.25) is 0 Å². The van der Waals surface area contributed by atoms with Crippen LogP contribution in [0.4, 0.5) is 0 Å². The van der Waals surface area contributed by atoms with Crippen molar-refractivity contribution < 1.29 is 9.84 Å². The van der Waals surface area contributed by atoms with Crippen LogP contribution in [-0.2, 0) is 0 Å². The van der Waals surface area contributed by atoms with Gasteiger partial charge in [0.25, 0.3) is 0 Å². The fourth-order valence-electron chi connectivity index (χ4n) is 5.33. The van der Waals surface area contributed by atoms with E-state index in [2.05, 4.69) is 46.0 Å². The van der Waals surface area contributed by atoms with Crippen molar-refractivity contribution in [3.8, 4) is 5.75 Å². The highest BCUT2D eigenvalue weighted by molar-refractivity contribution is 7.80. The number of hydrogen-bond acceptors (Lipinski definition) is 7. The molecule has 0 unspecified atom stereocenters. The molecule has 1 aliphatic heterocycles. The Balaban J connectivity index is 1.42. The number of rotatable bonds is 10. The normalized spacial score (nSPS) is 19.7. The van der Waals surface area contributed by atoms with Crippen LogP contribution in [-0.4, -0.2) is 77.2 Å². The van der Waals surface area contributed by atoms with Gasteiger partial charge in [-0.25, -0.2) is 0 Å². The van der Waals surface area contributed by atoms with Crippen LogP contribution < -0.4 is 4.74 Å². The summed E-state index contributed by atoms with van der Waals surface area (Å²) in [6, 6.07) is 14.3. The van der Waals surface area contributed by atoms with Crippen LogP contribution in [0.1, 0.15) is 36.6 Å². The molecule has 0 saturated carbocycles. The molecule has 0 spiro atoms. The number of ether oxygens (including phenoxy) is 1. The van der Waals surface area contributed by atoms with Gasteiger partial charge in [-0.05, 0) is 93.7 Å². The van der Waals surface area contributed by atoms with Gasteiger partial charge in [0.05, 0.1) is 23.2 Å². The maximum absolute atomic E-state index is 10.2. The molecule has 1 fully saturated rings. The molecular formula is C28H36N4O2S. The third-order valence-electron chi connectivity index (χ3n) is 7.30. The van der Waals surface area contributed by atoms with E-state index in [1.807, 2.05) is 36.5 Å². The monoisotopic (exact) mass is 492 g/mol. The fraction of sp³-hybridized carbons (Fsp3) is 0.464. The SMILES string of the molecule is COc1ccc2nccc([C@@H](CC[C@@H]3CCN(CC(=S)c4ccccn4)C[C@@H]3CO)N(C)C)c2c1. The van der Waals surface area contributed by atoms with E-state index < -0.39 is 0 Å². The molecule has 3 aromatic rings. The van der Waals surface area contributed by atoms with Crippen molar-refractivity contribution in [1.29, 1.82) is 0 Å². The number of thiocarbonyl (C=S) groups is 1. The molecule has 7 heteroatoms. The van der Waals surface area contributed by atoms with E-state index >= 15 is 0 Å². The van der Waals surface area contributed by atoms with Crippen molar-refractivity contribution in [3.63, 3.8) is 0 Å². The molecular weight excluding hydrogens is 456 g/mol. The second-order valence-corrected chi connectivity index (χ2v) is 10.2. The van der Waals surface area contributed by atoms with Crippen molar-refractivity contribution in [1.82, 2.24) is 19.8 Å². The molecule has 2 aromatic heterocycles. The van der Waals surface area contributed by atoms with Crippen LogP contribution in [0.15, 0.2) is 54.9 Å². The van der Waals surface area contributed by atoms with Gasteiger partial charge in [-0.2, -0.15) is 0 Å². The van der Waals surface area contributed by atoms with Gasteiger partial charge in [-0.15, -0.1) is 0 Å². The van der Waals surface area contributed by atoms with Crippen LogP contribution in [0, 0.1) is 11.8 Å². The summed E-state index contributed by atoms with van der Waals surface area (Å²) in [4.78, 5) is 14.5. The lowest BCUT2D eigenvalue weighted by molar-refractivity contribution is 0.0719. The van der Waals surface area contributed by atoms with Gasteiger partial charge in [0.1, 0.15) is 5.75 Å². The number of aliphatic hydroxyl groups is 1. The van der Waals surface area contributed by atoms with Crippen molar-refractivity contribution in [2.24, 2.45) is 11.8 Å². The first-order valence-electron chi connectivity index (χ1n) is 12.4. The number of nitrogens with zero attached hydrogens (tertiary/aromatic N) is 4. The van der Waals surface area contributed by atoms with E-state index in [0.29, 0.717) is 5.92 Å². The van der Waals surface area contributed by atoms with Crippen molar-refractivity contribution in [3.05, 3.63) is 66.1 Å². The predicted octanol–water partition coefficient (Wildman–Crippen LogP) is 4.37. The second-order valence-electron chi connectivity index (χ2n) is 9.70. The zero-order valence-electron chi connectivity index (χ0n) is 20.9. The number of hydrogen-bond donors (Lipinski definition) is 1. The Hall–Kier alpha value is -2.45. The molecule has 6 nitrogen and oxygen atoms in total. The van der Waals surface area contributed by atoms with Crippen LogP contribution >= 0.6 is 12.2 Å². The molecule has 1 aromatic carbocycles. The molecule has 0 bridgehead atoms. The number of methoxy groups -OCH3 is 1. The van der Waals surface area contributed by atoms with E-state index in [1.165, 1.54) is 5.56 Å². The first-order chi connectivity index (χ1) is 17.0. The van der Waals surface area contributed by atoms with E-state index in [4.69, 9.17) is 17.0 Å². The Kier molecular flexibility index (Phi) is 8.78. The molecule has 0 amide bonds. The molecule has 3 heterocycles. The average molecular weight is 493 g/mol. The maximum atomic E-state index is 10.2. The maximum Gasteiger partial charge on any atom is 0.119 e. The minimum Gasteiger partial charge on any atom is -0.497 e. The Morgan fingerprint density at radius 1 is 1.17 bits per heavy atom. The Labute approximate surface area is 213 Å². The molecule has 1 aliphatic rings.